The number of aryl methyl sites for hydroxylation is 3. The van der Waals surface area contributed by atoms with Crippen LogP contribution < -0.4 is 10.6 Å². The van der Waals surface area contributed by atoms with Gasteiger partial charge in [0.1, 0.15) is 5.82 Å². The second-order valence-corrected chi connectivity index (χ2v) is 5.78. The summed E-state index contributed by atoms with van der Waals surface area (Å²) >= 11 is 0. The standard InChI is InChI=1S/C19H21N5/c1-13-7-6-8-14(2)18(13)24-19-22-15(3)11-17(23-19)21-12-16-9-4-5-10-20-16/h4-11H,12H2,1-3H3,(H2,21,22,23,24). The lowest BCUT2D eigenvalue weighted by atomic mass is 10.1. The van der Waals surface area contributed by atoms with Crippen molar-refractivity contribution in [3.05, 3.63) is 71.2 Å². The van der Waals surface area contributed by atoms with E-state index in [0.717, 1.165) is 22.9 Å². The van der Waals surface area contributed by atoms with Crippen LogP contribution in [-0.2, 0) is 6.54 Å². The summed E-state index contributed by atoms with van der Waals surface area (Å²) in [5.41, 5.74) is 5.27. The molecule has 0 bridgehead atoms. The lowest BCUT2D eigenvalue weighted by molar-refractivity contribution is 1.01. The first-order valence-electron chi connectivity index (χ1n) is 7.94. The molecule has 5 nitrogen and oxygen atoms in total. The number of nitrogens with zero attached hydrogens (tertiary/aromatic N) is 3. The SMILES string of the molecule is Cc1cc(NCc2ccccn2)nc(Nc2c(C)cccc2C)n1. The van der Waals surface area contributed by atoms with Crippen LogP contribution in [0, 0.1) is 20.8 Å². The summed E-state index contributed by atoms with van der Waals surface area (Å²) in [5.74, 6) is 1.37. The molecular formula is C19H21N5. The zero-order valence-electron chi connectivity index (χ0n) is 14.2. The Balaban J connectivity index is 1.79. The van der Waals surface area contributed by atoms with Gasteiger partial charge in [-0.15, -0.1) is 0 Å². The zero-order valence-corrected chi connectivity index (χ0v) is 14.2. The van der Waals surface area contributed by atoms with E-state index in [1.165, 1.54) is 11.1 Å². The zero-order chi connectivity index (χ0) is 16.9. The third-order valence-corrected chi connectivity index (χ3v) is 3.75. The summed E-state index contributed by atoms with van der Waals surface area (Å²) in [6.45, 7) is 6.74. The highest BCUT2D eigenvalue weighted by molar-refractivity contribution is 5.63. The average Bonchev–Trinajstić information content (AvgIpc) is 2.57. The van der Waals surface area contributed by atoms with Gasteiger partial charge in [-0.25, -0.2) is 4.98 Å². The highest BCUT2D eigenvalue weighted by atomic mass is 15.1. The second-order valence-electron chi connectivity index (χ2n) is 5.78. The normalized spacial score (nSPS) is 10.5. The van der Waals surface area contributed by atoms with Crippen molar-refractivity contribution in [2.24, 2.45) is 0 Å². The molecule has 2 heterocycles. The number of rotatable bonds is 5. The van der Waals surface area contributed by atoms with Crippen molar-refractivity contribution in [2.75, 3.05) is 10.6 Å². The van der Waals surface area contributed by atoms with Crippen molar-refractivity contribution >= 4 is 17.5 Å². The Hall–Kier alpha value is -2.95. The fraction of sp³-hybridized carbons (Fsp3) is 0.211. The van der Waals surface area contributed by atoms with E-state index in [2.05, 4.69) is 51.6 Å². The average molecular weight is 319 g/mol. The number of para-hydroxylation sites is 1. The first-order chi connectivity index (χ1) is 11.6. The summed E-state index contributed by atoms with van der Waals surface area (Å²) in [6.07, 6.45) is 1.79. The van der Waals surface area contributed by atoms with Gasteiger partial charge in [0, 0.05) is 23.6 Å². The van der Waals surface area contributed by atoms with Gasteiger partial charge >= 0.3 is 0 Å². The minimum absolute atomic E-state index is 0.593. The number of hydrogen-bond donors (Lipinski definition) is 2. The van der Waals surface area contributed by atoms with E-state index in [1.54, 1.807) is 6.20 Å². The van der Waals surface area contributed by atoms with Crippen LogP contribution in [0.4, 0.5) is 17.5 Å². The summed E-state index contributed by atoms with van der Waals surface area (Å²) in [6, 6.07) is 14.0. The monoisotopic (exact) mass is 319 g/mol. The Labute approximate surface area is 142 Å². The molecule has 0 saturated heterocycles. The summed E-state index contributed by atoms with van der Waals surface area (Å²) in [7, 11) is 0. The molecule has 0 spiro atoms. The Bertz CT molecular complexity index is 810. The number of pyridine rings is 1. The van der Waals surface area contributed by atoms with Crippen LogP contribution in [0.15, 0.2) is 48.7 Å². The number of anilines is 3. The Morgan fingerprint density at radius 2 is 1.71 bits per heavy atom. The summed E-state index contributed by atoms with van der Waals surface area (Å²) in [5, 5.41) is 6.65. The van der Waals surface area contributed by atoms with Crippen molar-refractivity contribution in [3.63, 3.8) is 0 Å². The lowest BCUT2D eigenvalue weighted by Crippen LogP contribution is -2.07. The maximum Gasteiger partial charge on any atom is 0.229 e. The van der Waals surface area contributed by atoms with E-state index in [0.29, 0.717) is 12.5 Å². The third-order valence-electron chi connectivity index (χ3n) is 3.75. The van der Waals surface area contributed by atoms with Gasteiger partial charge in [0.25, 0.3) is 0 Å². The second kappa shape index (κ2) is 7.08. The van der Waals surface area contributed by atoms with Crippen LogP contribution >= 0.6 is 0 Å². The molecule has 0 radical (unpaired) electrons. The minimum Gasteiger partial charge on any atom is -0.364 e. The van der Waals surface area contributed by atoms with Gasteiger partial charge in [0.2, 0.25) is 5.95 Å². The highest BCUT2D eigenvalue weighted by Crippen LogP contribution is 2.23. The quantitative estimate of drug-likeness (QED) is 0.739. The topological polar surface area (TPSA) is 62.7 Å². The van der Waals surface area contributed by atoms with Crippen LogP contribution in [0.3, 0.4) is 0 Å². The third kappa shape index (κ3) is 3.87. The first kappa shape index (κ1) is 15.9. The van der Waals surface area contributed by atoms with Gasteiger partial charge < -0.3 is 10.6 Å². The first-order valence-corrected chi connectivity index (χ1v) is 7.94. The Kier molecular flexibility index (Phi) is 4.70. The predicted molar refractivity (Wildman–Crippen MR) is 97.5 cm³/mol. The molecule has 122 valence electrons. The molecule has 24 heavy (non-hydrogen) atoms. The number of nitrogens with one attached hydrogen (secondary N) is 2. The van der Waals surface area contributed by atoms with Crippen LogP contribution in [-0.4, -0.2) is 15.0 Å². The molecule has 0 saturated carbocycles. The van der Waals surface area contributed by atoms with Crippen molar-refractivity contribution in [2.45, 2.75) is 27.3 Å². The fourth-order valence-corrected chi connectivity index (χ4v) is 2.52. The Morgan fingerprint density at radius 1 is 0.917 bits per heavy atom. The van der Waals surface area contributed by atoms with Crippen molar-refractivity contribution in [1.29, 1.82) is 0 Å². The van der Waals surface area contributed by atoms with E-state index in [1.807, 2.05) is 37.3 Å². The van der Waals surface area contributed by atoms with Crippen molar-refractivity contribution in [3.8, 4) is 0 Å². The largest absolute Gasteiger partial charge is 0.364 e. The van der Waals surface area contributed by atoms with E-state index in [9.17, 15) is 0 Å². The molecule has 0 fully saturated rings. The van der Waals surface area contributed by atoms with Crippen LogP contribution in [0.5, 0.6) is 0 Å². The van der Waals surface area contributed by atoms with E-state index < -0.39 is 0 Å². The molecule has 1 aromatic carbocycles. The van der Waals surface area contributed by atoms with Crippen LogP contribution in [0.25, 0.3) is 0 Å². The molecule has 0 aliphatic carbocycles. The van der Waals surface area contributed by atoms with E-state index in [-0.39, 0.29) is 0 Å². The molecule has 5 heteroatoms. The van der Waals surface area contributed by atoms with Crippen molar-refractivity contribution in [1.82, 2.24) is 15.0 Å². The van der Waals surface area contributed by atoms with Crippen molar-refractivity contribution < 1.29 is 0 Å². The van der Waals surface area contributed by atoms with Gasteiger partial charge in [-0.3, -0.25) is 4.98 Å². The highest BCUT2D eigenvalue weighted by Gasteiger charge is 2.07. The maximum absolute atomic E-state index is 4.57. The van der Waals surface area contributed by atoms with Gasteiger partial charge in [0.15, 0.2) is 0 Å². The van der Waals surface area contributed by atoms with Gasteiger partial charge in [-0.05, 0) is 44.0 Å². The molecule has 2 aromatic heterocycles. The molecule has 0 unspecified atom stereocenters. The van der Waals surface area contributed by atoms with E-state index >= 15 is 0 Å². The van der Waals surface area contributed by atoms with Gasteiger partial charge in [0.05, 0.1) is 12.2 Å². The molecule has 0 aliphatic heterocycles. The Morgan fingerprint density at radius 3 is 2.42 bits per heavy atom. The van der Waals surface area contributed by atoms with Crippen LogP contribution in [0.1, 0.15) is 22.5 Å². The molecule has 3 aromatic rings. The molecule has 3 rings (SSSR count). The smallest absolute Gasteiger partial charge is 0.229 e. The molecule has 2 N–H and O–H groups in total. The molecule has 0 aliphatic rings. The molecule has 0 amide bonds. The molecule has 0 atom stereocenters. The summed E-state index contributed by atoms with van der Waals surface area (Å²) in [4.78, 5) is 13.4. The van der Waals surface area contributed by atoms with Crippen LogP contribution in [0.2, 0.25) is 0 Å². The van der Waals surface area contributed by atoms with Gasteiger partial charge in [-0.1, -0.05) is 24.3 Å². The molecular weight excluding hydrogens is 298 g/mol. The maximum atomic E-state index is 4.57. The lowest BCUT2D eigenvalue weighted by Gasteiger charge is -2.13. The number of hydrogen-bond acceptors (Lipinski definition) is 5. The summed E-state index contributed by atoms with van der Waals surface area (Å²) < 4.78 is 0. The number of benzene rings is 1. The van der Waals surface area contributed by atoms with E-state index in [4.69, 9.17) is 0 Å². The fourth-order valence-electron chi connectivity index (χ4n) is 2.52. The number of aromatic nitrogens is 3. The predicted octanol–water partition coefficient (Wildman–Crippen LogP) is 4.15. The van der Waals surface area contributed by atoms with Gasteiger partial charge in [-0.2, -0.15) is 4.98 Å². The minimum atomic E-state index is 0.593.